The van der Waals surface area contributed by atoms with Crippen LogP contribution in [-0.4, -0.2) is 70.9 Å². The summed E-state index contributed by atoms with van der Waals surface area (Å²) in [5, 5.41) is 3.75. The Balaban J connectivity index is 1.44. The Morgan fingerprint density at radius 2 is 1.44 bits per heavy atom. The van der Waals surface area contributed by atoms with E-state index in [0.29, 0.717) is 86.5 Å². The van der Waals surface area contributed by atoms with Crippen molar-refractivity contribution < 1.29 is 14.2 Å². The van der Waals surface area contributed by atoms with Crippen LogP contribution >= 0.6 is 0 Å². The highest BCUT2D eigenvalue weighted by Crippen LogP contribution is 2.69. The summed E-state index contributed by atoms with van der Waals surface area (Å²) in [5.74, 6) is 3.81. The van der Waals surface area contributed by atoms with Gasteiger partial charge in [-0.3, -0.25) is 0 Å². The fraction of sp³-hybridized carbons (Fsp3) is 1.00. The molecular weight excluding hydrogens is 560 g/mol. The fourth-order valence-electron chi connectivity index (χ4n) is 11.2. The molecule has 0 bridgehead atoms. The highest BCUT2D eigenvalue weighted by molar-refractivity contribution is 5.15. The molecule has 0 aromatic heterocycles. The summed E-state index contributed by atoms with van der Waals surface area (Å²) in [6.07, 6.45) is 20.1. The first kappa shape index (κ1) is 37.5. The number of ether oxygens (including phenoxy) is 3. The van der Waals surface area contributed by atoms with Crippen molar-refractivity contribution in [1.82, 2.24) is 5.32 Å². The van der Waals surface area contributed by atoms with E-state index in [1.807, 2.05) is 0 Å². The first-order chi connectivity index (χ1) is 21.8. The molecule has 264 valence electrons. The third kappa shape index (κ3) is 8.85. The molecular formula is C38H74N4O3. The first-order valence-corrected chi connectivity index (χ1v) is 19.5. The van der Waals surface area contributed by atoms with E-state index < -0.39 is 0 Å². The lowest BCUT2D eigenvalue weighted by atomic mass is 9.43. The van der Waals surface area contributed by atoms with Crippen molar-refractivity contribution in [3.8, 4) is 0 Å². The molecule has 4 aliphatic rings. The van der Waals surface area contributed by atoms with Gasteiger partial charge >= 0.3 is 0 Å². The zero-order chi connectivity index (χ0) is 32.3. The van der Waals surface area contributed by atoms with Crippen LogP contribution in [0.2, 0.25) is 0 Å². The quantitative estimate of drug-likeness (QED) is 0.110. The fourth-order valence-corrected chi connectivity index (χ4v) is 11.2. The van der Waals surface area contributed by atoms with Gasteiger partial charge in [-0.05, 0) is 118 Å². The summed E-state index contributed by atoms with van der Waals surface area (Å²) in [6.45, 7) is 16.2. The number of rotatable bonds is 21. The van der Waals surface area contributed by atoms with Gasteiger partial charge in [-0.2, -0.15) is 0 Å². The number of hydrogen-bond acceptors (Lipinski definition) is 7. The second-order valence-corrected chi connectivity index (χ2v) is 16.1. The smallest absolute Gasteiger partial charge is 0.0637 e. The number of fused-ring (bicyclic) bond motifs is 5. The van der Waals surface area contributed by atoms with E-state index in [2.05, 4.69) is 33.0 Å². The van der Waals surface area contributed by atoms with Gasteiger partial charge in [0, 0.05) is 25.0 Å². The van der Waals surface area contributed by atoms with Gasteiger partial charge in [0.1, 0.15) is 0 Å². The molecule has 0 amide bonds. The summed E-state index contributed by atoms with van der Waals surface area (Å²) in [4.78, 5) is 0. The van der Waals surface area contributed by atoms with Crippen molar-refractivity contribution in [3.63, 3.8) is 0 Å². The van der Waals surface area contributed by atoms with Crippen molar-refractivity contribution in [2.24, 2.45) is 63.5 Å². The van der Waals surface area contributed by atoms with Crippen LogP contribution in [0.15, 0.2) is 0 Å². The Hall–Kier alpha value is -0.280. The Bertz CT molecular complexity index is 833. The summed E-state index contributed by atoms with van der Waals surface area (Å²) in [7, 11) is 0. The Morgan fingerprint density at radius 3 is 2.20 bits per heavy atom. The van der Waals surface area contributed by atoms with Crippen molar-refractivity contribution in [2.45, 2.75) is 142 Å². The summed E-state index contributed by atoms with van der Waals surface area (Å²) in [6, 6.07) is 0. The van der Waals surface area contributed by atoms with Crippen molar-refractivity contribution in [3.05, 3.63) is 0 Å². The maximum absolute atomic E-state index is 6.86. The molecule has 0 aromatic carbocycles. The largest absolute Gasteiger partial charge is 0.377 e. The Kier molecular flexibility index (Phi) is 15.4. The second-order valence-electron chi connectivity index (χ2n) is 16.1. The summed E-state index contributed by atoms with van der Waals surface area (Å²) < 4.78 is 19.9. The third-order valence-corrected chi connectivity index (χ3v) is 13.5. The number of unbranched alkanes of at least 4 members (excludes halogenated alkanes) is 5. The average molecular weight is 635 g/mol. The van der Waals surface area contributed by atoms with Gasteiger partial charge in [-0.1, -0.05) is 59.8 Å². The zero-order valence-electron chi connectivity index (χ0n) is 29.9. The van der Waals surface area contributed by atoms with Gasteiger partial charge < -0.3 is 36.7 Å². The molecule has 11 atom stereocenters. The van der Waals surface area contributed by atoms with E-state index in [0.717, 1.165) is 32.2 Å². The predicted octanol–water partition coefficient (Wildman–Crippen LogP) is 6.26. The minimum absolute atomic E-state index is 0.163. The maximum Gasteiger partial charge on any atom is 0.0637 e. The normalized spacial score (nSPS) is 38.5. The lowest BCUT2D eigenvalue weighted by Gasteiger charge is -2.64. The molecule has 2 unspecified atom stereocenters. The average Bonchev–Trinajstić information content (AvgIpc) is 3.40. The number of nitrogens with two attached hydrogens (primary N) is 3. The molecule has 0 aliphatic heterocycles. The third-order valence-electron chi connectivity index (χ3n) is 13.5. The van der Waals surface area contributed by atoms with Crippen LogP contribution in [0.25, 0.3) is 0 Å². The molecule has 4 aliphatic carbocycles. The minimum atomic E-state index is 0.163. The maximum atomic E-state index is 6.86. The standard InChI is InChI=1S/C38H74N4O3/c1-5-6-7-8-9-10-20-42-21-11-12-28(2)31-13-14-32-36-33(27-35(38(31,32)4)45-24-19-41)37(3)16-15-30(43-22-17-39)25-29(37)26-34(36)44-23-18-40/h28-36,42H,5-27,39-41H2,1-4H3/t28-,29?,30-,31-,32+,33+,34-,35+,36?,37+,38-/m1/s1. The molecule has 0 spiro atoms. The SMILES string of the molecule is CCCCCCCCNCCC[C@@H](C)[C@H]1CC[C@H]2C3[C@H](OCCN)CC4C[C@H](OCCN)CC[C@]4(C)[C@H]3C[C@H](OCCN)[C@]12C. The van der Waals surface area contributed by atoms with Crippen molar-refractivity contribution >= 4 is 0 Å². The van der Waals surface area contributed by atoms with E-state index in [4.69, 9.17) is 31.4 Å². The molecule has 0 radical (unpaired) electrons. The van der Waals surface area contributed by atoms with E-state index in [1.54, 1.807) is 0 Å². The molecule has 7 heteroatoms. The van der Waals surface area contributed by atoms with Gasteiger partial charge in [-0.25, -0.2) is 0 Å². The predicted molar refractivity (Wildman–Crippen MR) is 187 cm³/mol. The summed E-state index contributed by atoms with van der Waals surface area (Å²) >= 11 is 0. The molecule has 4 fully saturated rings. The van der Waals surface area contributed by atoms with Crippen LogP contribution < -0.4 is 22.5 Å². The monoisotopic (exact) mass is 635 g/mol. The molecule has 7 N–H and O–H groups in total. The van der Waals surface area contributed by atoms with E-state index in [-0.39, 0.29) is 17.6 Å². The highest BCUT2D eigenvalue weighted by atomic mass is 16.5. The van der Waals surface area contributed by atoms with Crippen LogP contribution in [0, 0.1) is 46.3 Å². The molecule has 45 heavy (non-hydrogen) atoms. The zero-order valence-corrected chi connectivity index (χ0v) is 29.9. The van der Waals surface area contributed by atoms with Crippen LogP contribution in [0.5, 0.6) is 0 Å². The van der Waals surface area contributed by atoms with Gasteiger partial charge in [0.2, 0.25) is 0 Å². The molecule has 0 heterocycles. The number of nitrogens with one attached hydrogen (secondary N) is 1. The lowest BCUT2D eigenvalue weighted by Crippen LogP contribution is -2.63. The summed E-state index contributed by atoms with van der Waals surface area (Å²) in [5.41, 5.74) is 18.4. The minimum Gasteiger partial charge on any atom is -0.377 e. The van der Waals surface area contributed by atoms with Gasteiger partial charge in [0.25, 0.3) is 0 Å². The topological polar surface area (TPSA) is 118 Å². The first-order valence-electron chi connectivity index (χ1n) is 19.5. The Morgan fingerprint density at radius 1 is 0.756 bits per heavy atom. The van der Waals surface area contributed by atoms with E-state index >= 15 is 0 Å². The highest BCUT2D eigenvalue weighted by Gasteiger charge is 2.66. The van der Waals surface area contributed by atoms with Crippen LogP contribution in [0.1, 0.15) is 124 Å². The second kappa shape index (κ2) is 18.5. The molecule has 0 aromatic rings. The van der Waals surface area contributed by atoms with Crippen LogP contribution in [-0.2, 0) is 14.2 Å². The van der Waals surface area contributed by atoms with Crippen LogP contribution in [0.4, 0.5) is 0 Å². The van der Waals surface area contributed by atoms with E-state index in [9.17, 15) is 0 Å². The molecule has 4 rings (SSSR count). The van der Waals surface area contributed by atoms with Crippen LogP contribution in [0.3, 0.4) is 0 Å². The van der Waals surface area contributed by atoms with Crippen molar-refractivity contribution in [2.75, 3.05) is 52.5 Å². The van der Waals surface area contributed by atoms with Gasteiger partial charge in [0.05, 0.1) is 38.1 Å². The molecule has 7 nitrogen and oxygen atoms in total. The van der Waals surface area contributed by atoms with Gasteiger partial charge in [-0.15, -0.1) is 0 Å². The van der Waals surface area contributed by atoms with E-state index in [1.165, 1.54) is 77.2 Å². The number of hydrogen-bond donors (Lipinski definition) is 4. The lowest BCUT2D eigenvalue weighted by molar-refractivity contribution is -0.226. The van der Waals surface area contributed by atoms with Crippen molar-refractivity contribution in [1.29, 1.82) is 0 Å². The Labute approximate surface area is 277 Å². The molecule has 0 saturated heterocycles. The van der Waals surface area contributed by atoms with Gasteiger partial charge in [0.15, 0.2) is 0 Å². The molecule has 4 saturated carbocycles.